The topological polar surface area (TPSA) is 57.6 Å². The number of amides is 1. The van der Waals surface area contributed by atoms with Crippen molar-refractivity contribution in [3.8, 4) is 0 Å². The molecule has 0 bridgehead atoms. The molecule has 26 heavy (non-hydrogen) atoms. The average Bonchev–Trinajstić information content (AvgIpc) is 3.30. The van der Waals surface area contributed by atoms with Gasteiger partial charge in [-0.05, 0) is 35.9 Å². The quantitative estimate of drug-likeness (QED) is 0.733. The van der Waals surface area contributed by atoms with Gasteiger partial charge in [0.15, 0.2) is 0 Å². The van der Waals surface area contributed by atoms with Crippen LogP contribution in [0.3, 0.4) is 0 Å². The van der Waals surface area contributed by atoms with Crippen LogP contribution in [0.1, 0.15) is 35.5 Å². The van der Waals surface area contributed by atoms with Crippen LogP contribution in [0.4, 0.5) is 0 Å². The molecule has 1 saturated heterocycles. The zero-order valence-electron chi connectivity index (χ0n) is 15.0. The van der Waals surface area contributed by atoms with Gasteiger partial charge in [0, 0.05) is 28.6 Å². The standard InChI is InChI=1S/C20H23NO3S2/c1-14(2)20(19(23)24)9-10-21(13-20)18(22)16-7-3-4-8-17(16)26-12-15-6-5-11-25-15/h3-8,11,14H,9-10,12-13H2,1-2H3,(H,23,24). The van der Waals surface area contributed by atoms with Gasteiger partial charge in [0.2, 0.25) is 0 Å². The molecule has 1 aromatic heterocycles. The SMILES string of the molecule is CC(C)C1(C(=O)O)CCN(C(=O)c2ccccc2SCc2cccs2)C1. The van der Waals surface area contributed by atoms with E-state index >= 15 is 0 Å². The molecule has 1 N–H and O–H groups in total. The van der Waals surface area contributed by atoms with Gasteiger partial charge in [-0.25, -0.2) is 0 Å². The molecule has 1 aliphatic rings. The number of aliphatic carboxylic acids is 1. The highest BCUT2D eigenvalue weighted by Crippen LogP contribution is 2.39. The lowest BCUT2D eigenvalue weighted by Gasteiger charge is -2.28. The highest BCUT2D eigenvalue weighted by Gasteiger charge is 2.48. The number of nitrogens with zero attached hydrogens (tertiary/aromatic N) is 1. The third-order valence-corrected chi connectivity index (χ3v) is 7.37. The number of likely N-dealkylation sites (tertiary alicyclic amines) is 1. The minimum absolute atomic E-state index is 0.0127. The average molecular weight is 390 g/mol. The molecular weight excluding hydrogens is 366 g/mol. The minimum Gasteiger partial charge on any atom is -0.481 e. The first kappa shape index (κ1) is 19.0. The number of thioether (sulfide) groups is 1. The Bertz CT molecular complexity index is 788. The van der Waals surface area contributed by atoms with Crippen LogP contribution in [0.15, 0.2) is 46.7 Å². The van der Waals surface area contributed by atoms with Gasteiger partial charge in [0.1, 0.15) is 0 Å². The first-order valence-electron chi connectivity index (χ1n) is 8.71. The fourth-order valence-corrected chi connectivity index (χ4v) is 5.20. The van der Waals surface area contributed by atoms with Crippen LogP contribution in [0.2, 0.25) is 0 Å². The van der Waals surface area contributed by atoms with Crippen LogP contribution in [0.25, 0.3) is 0 Å². The molecule has 138 valence electrons. The Balaban J connectivity index is 1.77. The van der Waals surface area contributed by atoms with Crippen molar-refractivity contribution < 1.29 is 14.7 Å². The lowest BCUT2D eigenvalue weighted by molar-refractivity contribution is -0.150. The van der Waals surface area contributed by atoms with E-state index in [1.807, 2.05) is 44.2 Å². The molecule has 0 radical (unpaired) electrons. The maximum atomic E-state index is 13.1. The molecule has 0 spiro atoms. The summed E-state index contributed by atoms with van der Waals surface area (Å²) in [4.78, 5) is 28.8. The van der Waals surface area contributed by atoms with Gasteiger partial charge in [-0.3, -0.25) is 9.59 Å². The first-order chi connectivity index (χ1) is 12.4. The number of hydrogen-bond donors (Lipinski definition) is 1. The molecule has 0 saturated carbocycles. The van der Waals surface area contributed by atoms with Gasteiger partial charge in [0.05, 0.1) is 11.0 Å². The summed E-state index contributed by atoms with van der Waals surface area (Å²) in [6.07, 6.45) is 0.510. The summed E-state index contributed by atoms with van der Waals surface area (Å²) in [6.45, 7) is 4.62. The summed E-state index contributed by atoms with van der Waals surface area (Å²) in [5, 5.41) is 11.8. The van der Waals surface area contributed by atoms with Gasteiger partial charge < -0.3 is 10.0 Å². The molecule has 1 amide bonds. The fraction of sp³-hybridized carbons (Fsp3) is 0.400. The summed E-state index contributed by atoms with van der Waals surface area (Å²) in [5.41, 5.74) is -0.173. The van der Waals surface area contributed by atoms with Crippen LogP contribution in [-0.4, -0.2) is 35.0 Å². The molecule has 1 aliphatic heterocycles. The Morgan fingerprint density at radius 1 is 1.27 bits per heavy atom. The highest BCUT2D eigenvalue weighted by molar-refractivity contribution is 7.98. The molecule has 1 fully saturated rings. The van der Waals surface area contributed by atoms with Gasteiger partial charge in [-0.15, -0.1) is 23.1 Å². The van der Waals surface area contributed by atoms with Crippen LogP contribution in [0, 0.1) is 11.3 Å². The van der Waals surface area contributed by atoms with E-state index in [1.165, 1.54) is 4.88 Å². The number of carboxylic acids is 1. The largest absolute Gasteiger partial charge is 0.481 e. The van der Waals surface area contributed by atoms with Crippen molar-refractivity contribution in [2.45, 2.75) is 30.9 Å². The summed E-state index contributed by atoms with van der Waals surface area (Å²) in [5.74, 6) is -0.0556. The molecular formula is C20H23NO3S2. The van der Waals surface area contributed by atoms with Crippen molar-refractivity contribution in [2.24, 2.45) is 11.3 Å². The number of rotatable bonds is 6. The predicted molar refractivity (Wildman–Crippen MR) is 106 cm³/mol. The van der Waals surface area contributed by atoms with Crippen LogP contribution >= 0.6 is 23.1 Å². The molecule has 2 aromatic rings. The van der Waals surface area contributed by atoms with Gasteiger partial charge in [-0.2, -0.15) is 0 Å². The minimum atomic E-state index is -0.839. The van der Waals surface area contributed by atoms with Gasteiger partial charge >= 0.3 is 5.97 Å². The third kappa shape index (κ3) is 3.67. The van der Waals surface area contributed by atoms with Crippen molar-refractivity contribution in [3.63, 3.8) is 0 Å². The Kier molecular flexibility index (Phi) is 5.73. The summed E-state index contributed by atoms with van der Waals surface area (Å²) >= 11 is 3.36. The van der Waals surface area contributed by atoms with Crippen LogP contribution < -0.4 is 0 Å². The molecule has 6 heteroatoms. The monoisotopic (exact) mass is 389 g/mol. The molecule has 1 unspecified atom stereocenters. The van der Waals surface area contributed by atoms with Crippen LogP contribution in [-0.2, 0) is 10.5 Å². The van der Waals surface area contributed by atoms with Crippen molar-refractivity contribution in [2.75, 3.05) is 13.1 Å². The predicted octanol–water partition coefficient (Wildman–Crippen LogP) is 4.61. The maximum Gasteiger partial charge on any atom is 0.311 e. The van der Waals surface area contributed by atoms with Gasteiger partial charge in [-0.1, -0.05) is 32.0 Å². The molecule has 1 aromatic carbocycles. The van der Waals surface area contributed by atoms with E-state index in [0.29, 0.717) is 18.5 Å². The van der Waals surface area contributed by atoms with Crippen LogP contribution in [0.5, 0.6) is 0 Å². The number of hydrogen-bond acceptors (Lipinski definition) is 4. The van der Waals surface area contributed by atoms with E-state index in [4.69, 9.17) is 0 Å². The third-order valence-electron chi connectivity index (χ3n) is 5.19. The number of thiophene rings is 1. The second-order valence-electron chi connectivity index (χ2n) is 6.96. The molecule has 0 aliphatic carbocycles. The number of carboxylic acid groups (broad SMARTS) is 1. The molecule has 1 atom stereocenters. The number of benzene rings is 1. The Morgan fingerprint density at radius 3 is 2.65 bits per heavy atom. The number of carbonyl (C=O) groups is 2. The van der Waals surface area contributed by atoms with Crippen molar-refractivity contribution >= 4 is 35.0 Å². The van der Waals surface area contributed by atoms with E-state index in [2.05, 4.69) is 11.4 Å². The van der Waals surface area contributed by atoms with E-state index in [0.717, 1.165) is 10.6 Å². The summed E-state index contributed by atoms with van der Waals surface area (Å²) in [7, 11) is 0. The zero-order chi connectivity index (χ0) is 18.7. The Hall–Kier alpha value is -1.79. The second kappa shape index (κ2) is 7.84. The Labute approximate surface area is 162 Å². The van der Waals surface area contributed by atoms with Gasteiger partial charge in [0.25, 0.3) is 5.91 Å². The van der Waals surface area contributed by atoms with E-state index < -0.39 is 11.4 Å². The number of carbonyl (C=O) groups excluding carboxylic acids is 1. The van der Waals surface area contributed by atoms with Crippen molar-refractivity contribution in [3.05, 3.63) is 52.2 Å². The van der Waals surface area contributed by atoms with Crippen molar-refractivity contribution in [1.29, 1.82) is 0 Å². The highest BCUT2D eigenvalue weighted by atomic mass is 32.2. The van der Waals surface area contributed by atoms with Crippen molar-refractivity contribution in [1.82, 2.24) is 4.90 Å². The summed E-state index contributed by atoms with van der Waals surface area (Å²) in [6, 6.07) is 11.7. The van der Waals surface area contributed by atoms with E-state index in [-0.39, 0.29) is 18.4 Å². The summed E-state index contributed by atoms with van der Waals surface area (Å²) < 4.78 is 0. The zero-order valence-corrected chi connectivity index (χ0v) is 16.6. The molecule has 2 heterocycles. The molecule has 3 rings (SSSR count). The smallest absolute Gasteiger partial charge is 0.311 e. The van der Waals surface area contributed by atoms with E-state index in [9.17, 15) is 14.7 Å². The normalized spacial score (nSPS) is 19.9. The second-order valence-corrected chi connectivity index (χ2v) is 9.01. The fourth-order valence-electron chi connectivity index (χ4n) is 3.38. The molecule has 4 nitrogen and oxygen atoms in total. The first-order valence-corrected chi connectivity index (χ1v) is 10.6. The van der Waals surface area contributed by atoms with E-state index in [1.54, 1.807) is 28.0 Å². The lowest BCUT2D eigenvalue weighted by atomic mass is 9.76. The Morgan fingerprint density at radius 2 is 2.04 bits per heavy atom. The lowest BCUT2D eigenvalue weighted by Crippen LogP contribution is -2.40. The maximum absolute atomic E-state index is 13.1.